The molecule has 0 fully saturated rings. The largest absolute Gasteiger partial charge is 0.491 e. The molecule has 7 heteroatoms. The van der Waals surface area contributed by atoms with Crippen LogP contribution in [0.1, 0.15) is 15.9 Å². The number of carbonyl (C=O) groups excluding carboxylic acids is 1. The first-order chi connectivity index (χ1) is 11.1. The van der Waals surface area contributed by atoms with E-state index in [1.807, 2.05) is 0 Å². The maximum Gasteiger partial charge on any atom is 0.252 e. The van der Waals surface area contributed by atoms with E-state index in [1.165, 1.54) is 12.3 Å². The second-order valence-corrected chi connectivity index (χ2v) is 6.66. The number of nitrogens with zero attached hydrogens (tertiary/aromatic N) is 1. The van der Waals surface area contributed by atoms with Crippen LogP contribution in [0.25, 0.3) is 6.08 Å². The number of pyridine rings is 1. The van der Waals surface area contributed by atoms with Crippen molar-refractivity contribution >= 4 is 21.8 Å². The summed E-state index contributed by atoms with van der Waals surface area (Å²) in [5, 5.41) is 3.87. The first-order valence-electron chi connectivity index (χ1n) is 6.95. The highest BCUT2D eigenvalue weighted by atomic mass is 32.2. The summed E-state index contributed by atoms with van der Waals surface area (Å²) < 4.78 is 29.1. The monoisotopic (exact) mass is 330 g/mol. The van der Waals surface area contributed by atoms with Gasteiger partial charge in [-0.1, -0.05) is 6.07 Å². The summed E-state index contributed by atoms with van der Waals surface area (Å²) in [7, 11) is -3.35. The molecule has 6 nitrogen and oxygen atoms in total. The molecular weight excluding hydrogens is 316 g/mol. The Morgan fingerprint density at radius 2 is 2.09 bits per heavy atom. The summed E-state index contributed by atoms with van der Waals surface area (Å²) in [5.74, 6) is 0.248. The third kappa shape index (κ3) is 3.24. The number of aromatic nitrogens is 1. The molecule has 0 saturated heterocycles. The molecule has 0 atom stereocenters. The summed E-state index contributed by atoms with van der Waals surface area (Å²) in [4.78, 5) is 16.0. The number of fused-ring (bicyclic) bond motifs is 1. The number of carbonyl (C=O) groups is 1. The summed E-state index contributed by atoms with van der Waals surface area (Å²) >= 11 is 0. The van der Waals surface area contributed by atoms with Gasteiger partial charge in [0.1, 0.15) is 12.4 Å². The average molecular weight is 330 g/mol. The number of rotatable bonds is 5. The van der Waals surface area contributed by atoms with Gasteiger partial charge in [-0.05, 0) is 30.3 Å². The second kappa shape index (κ2) is 6.21. The molecule has 0 unspecified atom stereocenters. The summed E-state index contributed by atoms with van der Waals surface area (Å²) in [5.41, 5.74) is 1.02. The van der Waals surface area contributed by atoms with Crippen LogP contribution < -0.4 is 10.1 Å². The topological polar surface area (TPSA) is 85.4 Å². The normalized spacial score (nSPS) is 14.3. The van der Waals surface area contributed by atoms with Gasteiger partial charge >= 0.3 is 0 Å². The lowest BCUT2D eigenvalue weighted by atomic mass is 10.2. The van der Waals surface area contributed by atoms with E-state index < -0.39 is 9.84 Å². The van der Waals surface area contributed by atoms with Crippen LogP contribution in [-0.4, -0.2) is 32.5 Å². The highest BCUT2D eigenvalue weighted by Crippen LogP contribution is 2.33. The van der Waals surface area contributed by atoms with Gasteiger partial charge in [-0.2, -0.15) is 0 Å². The molecule has 0 aliphatic carbocycles. The van der Waals surface area contributed by atoms with Gasteiger partial charge in [-0.15, -0.1) is 0 Å². The lowest BCUT2D eigenvalue weighted by molar-refractivity contribution is 0.0946. The minimum absolute atomic E-state index is 0.232. The van der Waals surface area contributed by atoms with Crippen LogP contribution in [0.3, 0.4) is 0 Å². The van der Waals surface area contributed by atoms with E-state index in [4.69, 9.17) is 4.74 Å². The fourth-order valence-electron chi connectivity index (χ4n) is 2.22. The minimum Gasteiger partial charge on any atom is -0.491 e. The molecule has 2 heterocycles. The Bertz CT molecular complexity index is 861. The highest BCUT2D eigenvalue weighted by Gasteiger charge is 2.23. The number of hydrogen-bond donors (Lipinski definition) is 1. The molecule has 118 valence electrons. The lowest BCUT2D eigenvalue weighted by Crippen LogP contribution is -2.28. The average Bonchev–Trinajstić information content (AvgIpc) is 2.88. The van der Waals surface area contributed by atoms with Crippen LogP contribution in [-0.2, 0) is 9.84 Å². The molecule has 3 rings (SSSR count). The van der Waals surface area contributed by atoms with E-state index in [2.05, 4.69) is 10.3 Å². The maximum absolute atomic E-state index is 11.8. The zero-order chi connectivity index (χ0) is 16.3. The van der Waals surface area contributed by atoms with Gasteiger partial charge in [-0.3, -0.25) is 9.78 Å². The SMILES string of the molecule is O=C(NCCOc1cccc2c1C=CS2(=O)=O)c1cccnc1. The van der Waals surface area contributed by atoms with Gasteiger partial charge in [0, 0.05) is 23.4 Å². The fourth-order valence-corrected chi connectivity index (χ4v) is 3.42. The Morgan fingerprint density at radius 3 is 2.87 bits per heavy atom. The van der Waals surface area contributed by atoms with Crippen molar-refractivity contribution in [1.29, 1.82) is 0 Å². The predicted molar refractivity (Wildman–Crippen MR) is 84.7 cm³/mol. The van der Waals surface area contributed by atoms with Crippen molar-refractivity contribution in [3.8, 4) is 5.75 Å². The van der Waals surface area contributed by atoms with Crippen molar-refractivity contribution in [3.63, 3.8) is 0 Å². The van der Waals surface area contributed by atoms with Crippen molar-refractivity contribution in [2.45, 2.75) is 4.90 Å². The lowest BCUT2D eigenvalue weighted by Gasteiger charge is -2.10. The maximum atomic E-state index is 11.8. The van der Waals surface area contributed by atoms with Gasteiger partial charge in [0.05, 0.1) is 17.0 Å². The number of ether oxygens (including phenoxy) is 1. The molecule has 1 aromatic heterocycles. The smallest absolute Gasteiger partial charge is 0.252 e. The summed E-state index contributed by atoms with van der Waals surface area (Å²) in [6.45, 7) is 0.532. The Labute approximate surface area is 133 Å². The van der Waals surface area contributed by atoms with E-state index in [0.29, 0.717) is 23.4 Å². The van der Waals surface area contributed by atoms with Crippen LogP contribution in [0.15, 0.2) is 53.0 Å². The number of sulfone groups is 1. The molecule has 2 aromatic rings. The zero-order valence-electron chi connectivity index (χ0n) is 12.1. The Kier molecular flexibility index (Phi) is 4.12. The van der Waals surface area contributed by atoms with Crippen molar-refractivity contribution in [2.24, 2.45) is 0 Å². The molecule has 1 aromatic carbocycles. The molecule has 0 saturated carbocycles. The fraction of sp³-hybridized carbons (Fsp3) is 0.125. The molecule has 0 bridgehead atoms. The third-order valence-corrected chi connectivity index (χ3v) is 4.78. The standard InChI is InChI=1S/C16H14N2O4S/c19-16(12-3-2-7-17-11-12)18-8-9-22-14-4-1-5-15-13(14)6-10-23(15,20)21/h1-7,10-11H,8-9H2,(H,18,19). The van der Waals surface area contributed by atoms with Gasteiger partial charge in [0.25, 0.3) is 5.91 Å². The molecule has 1 aliphatic rings. The minimum atomic E-state index is -3.35. The van der Waals surface area contributed by atoms with Gasteiger partial charge in [0.15, 0.2) is 0 Å². The Balaban J connectivity index is 1.58. The summed E-state index contributed by atoms with van der Waals surface area (Å²) in [6, 6.07) is 8.23. The Morgan fingerprint density at radius 1 is 1.22 bits per heavy atom. The molecule has 1 aliphatic heterocycles. The zero-order valence-corrected chi connectivity index (χ0v) is 12.9. The first kappa shape index (κ1) is 15.2. The molecule has 0 radical (unpaired) electrons. The quantitative estimate of drug-likeness (QED) is 0.843. The number of amides is 1. The van der Waals surface area contributed by atoms with Gasteiger partial charge < -0.3 is 10.1 Å². The van der Waals surface area contributed by atoms with Crippen molar-refractivity contribution in [3.05, 3.63) is 59.3 Å². The van der Waals surface area contributed by atoms with Crippen molar-refractivity contribution < 1.29 is 17.9 Å². The van der Waals surface area contributed by atoms with Crippen LogP contribution in [0.2, 0.25) is 0 Å². The van der Waals surface area contributed by atoms with Crippen LogP contribution in [0.4, 0.5) is 0 Å². The predicted octanol–water partition coefficient (Wildman–Crippen LogP) is 1.65. The van der Waals surface area contributed by atoms with Gasteiger partial charge in [0.2, 0.25) is 9.84 Å². The highest BCUT2D eigenvalue weighted by molar-refractivity contribution is 7.94. The molecule has 23 heavy (non-hydrogen) atoms. The van der Waals surface area contributed by atoms with E-state index in [-0.39, 0.29) is 17.4 Å². The van der Waals surface area contributed by atoms with E-state index in [0.717, 1.165) is 5.41 Å². The van der Waals surface area contributed by atoms with Crippen LogP contribution in [0, 0.1) is 0 Å². The Hall–Kier alpha value is -2.67. The van der Waals surface area contributed by atoms with Crippen LogP contribution in [0.5, 0.6) is 5.75 Å². The number of hydrogen-bond acceptors (Lipinski definition) is 5. The van der Waals surface area contributed by atoms with E-state index in [9.17, 15) is 13.2 Å². The molecular formula is C16H14N2O4S. The number of nitrogens with one attached hydrogen (secondary N) is 1. The third-order valence-electron chi connectivity index (χ3n) is 3.32. The molecule has 1 amide bonds. The van der Waals surface area contributed by atoms with Crippen LogP contribution >= 0.6 is 0 Å². The number of benzene rings is 1. The molecule has 0 spiro atoms. The first-order valence-corrected chi connectivity index (χ1v) is 8.50. The van der Waals surface area contributed by atoms with E-state index in [1.54, 1.807) is 36.5 Å². The summed E-state index contributed by atoms with van der Waals surface area (Å²) in [6.07, 6.45) is 4.60. The van der Waals surface area contributed by atoms with Gasteiger partial charge in [-0.25, -0.2) is 8.42 Å². The van der Waals surface area contributed by atoms with Crippen molar-refractivity contribution in [1.82, 2.24) is 10.3 Å². The van der Waals surface area contributed by atoms with Crippen molar-refractivity contribution in [2.75, 3.05) is 13.2 Å². The second-order valence-electron chi connectivity index (χ2n) is 4.86. The molecule has 1 N–H and O–H groups in total. The van der Waals surface area contributed by atoms with E-state index >= 15 is 0 Å².